The fourth-order valence-electron chi connectivity index (χ4n) is 1.94. The van der Waals surface area contributed by atoms with Gasteiger partial charge in [0.25, 0.3) is 15.2 Å². The zero-order valence-electron chi connectivity index (χ0n) is 8.31. The van der Waals surface area contributed by atoms with Crippen molar-refractivity contribution < 1.29 is 8.42 Å². The molecule has 0 unspecified atom stereocenters. The van der Waals surface area contributed by atoms with Gasteiger partial charge in [-0.3, -0.25) is 5.10 Å². The summed E-state index contributed by atoms with van der Waals surface area (Å²) in [5, 5.41) is 10.9. The molecule has 15 heavy (non-hydrogen) atoms. The second kappa shape index (κ2) is 3.90. The topological polar surface area (TPSA) is 102 Å². The lowest BCUT2D eigenvalue weighted by atomic mass is 9.89. The Balaban J connectivity index is 2.19. The predicted octanol–water partition coefficient (Wildman–Crippen LogP) is 0.500. The minimum absolute atomic E-state index is 0.303. The molecule has 0 saturated heterocycles. The molecule has 1 aromatic rings. The quantitative estimate of drug-likeness (QED) is 0.772. The van der Waals surface area contributed by atoms with Crippen LogP contribution >= 0.6 is 0 Å². The third-order valence-electron chi connectivity index (χ3n) is 2.73. The van der Waals surface area contributed by atoms with Crippen molar-refractivity contribution in [3.05, 3.63) is 5.82 Å². The first kappa shape index (κ1) is 10.6. The SMILES string of the molecule is NS(=O)(=O)c1n[nH]c(C2CCCCC2)n1. The van der Waals surface area contributed by atoms with E-state index in [-0.39, 0.29) is 5.16 Å². The lowest BCUT2D eigenvalue weighted by Crippen LogP contribution is -2.14. The summed E-state index contributed by atoms with van der Waals surface area (Å²) in [6.45, 7) is 0. The van der Waals surface area contributed by atoms with Crippen molar-refractivity contribution in [3.8, 4) is 0 Å². The Labute approximate surface area is 88.3 Å². The normalized spacial score (nSPS) is 19.3. The Morgan fingerprint density at radius 3 is 2.47 bits per heavy atom. The van der Waals surface area contributed by atoms with E-state index in [9.17, 15) is 8.42 Å². The molecule has 1 aromatic heterocycles. The first-order valence-electron chi connectivity index (χ1n) is 5.02. The van der Waals surface area contributed by atoms with Gasteiger partial charge in [-0.15, -0.1) is 5.10 Å². The minimum atomic E-state index is -3.77. The summed E-state index contributed by atoms with van der Waals surface area (Å²) in [7, 11) is -3.77. The Morgan fingerprint density at radius 1 is 1.27 bits per heavy atom. The predicted molar refractivity (Wildman–Crippen MR) is 53.6 cm³/mol. The van der Waals surface area contributed by atoms with Gasteiger partial charge in [0.1, 0.15) is 5.82 Å². The summed E-state index contributed by atoms with van der Waals surface area (Å²) in [4.78, 5) is 3.93. The van der Waals surface area contributed by atoms with Crippen LogP contribution in [0.25, 0.3) is 0 Å². The lowest BCUT2D eigenvalue weighted by molar-refractivity contribution is 0.429. The Kier molecular flexibility index (Phi) is 2.74. The summed E-state index contributed by atoms with van der Waals surface area (Å²) >= 11 is 0. The number of primary sulfonamides is 1. The van der Waals surface area contributed by atoms with Crippen LogP contribution in [0.2, 0.25) is 0 Å². The van der Waals surface area contributed by atoms with Gasteiger partial charge in [-0.05, 0) is 12.8 Å². The van der Waals surface area contributed by atoms with Crippen LogP contribution < -0.4 is 5.14 Å². The van der Waals surface area contributed by atoms with Crippen molar-refractivity contribution in [1.82, 2.24) is 15.2 Å². The number of nitrogens with two attached hydrogens (primary N) is 1. The Bertz CT molecular complexity index is 433. The number of H-pyrrole nitrogens is 1. The van der Waals surface area contributed by atoms with Gasteiger partial charge in [-0.25, -0.2) is 18.5 Å². The van der Waals surface area contributed by atoms with Gasteiger partial charge in [0.15, 0.2) is 0 Å². The Hall–Kier alpha value is -0.950. The molecule has 84 valence electrons. The molecule has 0 aromatic carbocycles. The molecule has 2 rings (SSSR count). The molecule has 1 aliphatic carbocycles. The zero-order valence-corrected chi connectivity index (χ0v) is 9.13. The van der Waals surface area contributed by atoms with Crippen LogP contribution in [0, 0.1) is 0 Å². The molecule has 0 radical (unpaired) electrons. The van der Waals surface area contributed by atoms with Crippen LogP contribution in [0.4, 0.5) is 0 Å². The monoisotopic (exact) mass is 230 g/mol. The number of nitrogens with one attached hydrogen (secondary N) is 1. The number of aromatic amines is 1. The Morgan fingerprint density at radius 2 is 1.93 bits per heavy atom. The maximum atomic E-state index is 11.0. The molecular formula is C8H14N4O2S. The van der Waals surface area contributed by atoms with E-state index in [0.717, 1.165) is 25.7 Å². The smallest absolute Gasteiger partial charge is 0.262 e. The second-order valence-electron chi connectivity index (χ2n) is 3.88. The van der Waals surface area contributed by atoms with Crippen molar-refractivity contribution in [2.24, 2.45) is 5.14 Å². The molecule has 0 spiro atoms. The van der Waals surface area contributed by atoms with Gasteiger partial charge in [-0.2, -0.15) is 0 Å². The number of rotatable bonds is 2. The molecule has 1 heterocycles. The van der Waals surface area contributed by atoms with Crippen LogP contribution in [0.15, 0.2) is 5.16 Å². The van der Waals surface area contributed by atoms with Crippen molar-refractivity contribution in [1.29, 1.82) is 0 Å². The van der Waals surface area contributed by atoms with Gasteiger partial charge < -0.3 is 0 Å². The molecule has 1 saturated carbocycles. The molecule has 1 aliphatic rings. The summed E-state index contributed by atoms with van der Waals surface area (Å²) < 4.78 is 21.9. The van der Waals surface area contributed by atoms with Crippen LogP contribution in [-0.2, 0) is 10.0 Å². The van der Waals surface area contributed by atoms with E-state index in [0.29, 0.717) is 11.7 Å². The summed E-state index contributed by atoms with van der Waals surface area (Å²) in [6, 6.07) is 0. The number of aromatic nitrogens is 3. The van der Waals surface area contributed by atoms with Crippen LogP contribution in [0.5, 0.6) is 0 Å². The van der Waals surface area contributed by atoms with Gasteiger partial charge in [0, 0.05) is 5.92 Å². The molecule has 3 N–H and O–H groups in total. The van der Waals surface area contributed by atoms with E-state index in [1.54, 1.807) is 0 Å². The van der Waals surface area contributed by atoms with Gasteiger partial charge in [0.05, 0.1) is 0 Å². The summed E-state index contributed by atoms with van der Waals surface area (Å²) in [5.74, 6) is 0.959. The van der Waals surface area contributed by atoms with Gasteiger partial charge in [-0.1, -0.05) is 19.3 Å². The van der Waals surface area contributed by atoms with E-state index in [4.69, 9.17) is 5.14 Å². The first-order valence-corrected chi connectivity index (χ1v) is 6.57. The third kappa shape index (κ3) is 2.35. The molecule has 0 aliphatic heterocycles. The largest absolute Gasteiger partial charge is 0.282 e. The van der Waals surface area contributed by atoms with Crippen molar-refractivity contribution >= 4 is 10.0 Å². The van der Waals surface area contributed by atoms with E-state index < -0.39 is 10.0 Å². The molecule has 0 atom stereocenters. The van der Waals surface area contributed by atoms with Crippen molar-refractivity contribution in [2.45, 2.75) is 43.2 Å². The summed E-state index contributed by atoms with van der Waals surface area (Å²) in [6.07, 6.45) is 5.65. The molecule has 7 heteroatoms. The zero-order chi connectivity index (χ0) is 10.9. The molecular weight excluding hydrogens is 216 g/mol. The standard InChI is InChI=1S/C8H14N4O2S/c9-15(13,14)8-10-7(11-12-8)6-4-2-1-3-5-6/h6H,1-5H2,(H2,9,13,14)(H,10,11,12). The lowest BCUT2D eigenvalue weighted by Gasteiger charge is -2.18. The van der Waals surface area contributed by atoms with Gasteiger partial charge in [0.2, 0.25) is 0 Å². The maximum absolute atomic E-state index is 11.0. The van der Waals surface area contributed by atoms with E-state index in [1.165, 1.54) is 6.42 Å². The van der Waals surface area contributed by atoms with Crippen LogP contribution in [-0.4, -0.2) is 23.6 Å². The summed E-state index contributed by atoms with van der Waals surface area (Å²) in [5.41, 5.74) is 0. The van der Waals surface area contributed by atoms with E-state index in [1.807, 2.05) is 0 Å². The minimum Gasteiger partial charge on any atom is -0.262 e. The van der Waals surface area contributed by atoms with Crippen LogP contribution in [0.3, 0.4) is 0 Å². The third-order valence-corrected chi connectivity index (χ3v) is 3.42. The highest BCUT2D eigenvalue weighted by Gasteiger charge is 2.22. The fourth-order valence-corrected chi connectivity index (χ4v) is 2.34. The molecule has 0 bridgehead atoms. The number of hydrogen-bond donors (Lipinski definition) is 2. The highest BCUT2D eigenvalue weighted by Crippen LogP contribution is 2.30. The molecule has 6 nitrogen and oxygen atoms in total. The number of sulfonamides is 1. The highest BCUT2D eigenvalue weighted by atomic mass is 32.2. The average molecular weight is 230 g/mol. The first-order chi connectivity index (χ1) is 7.07. The van der Waals surface area contributed by atoms with Crippen molar-refractivity contribution in [2.75, 3.05) is 0 Å². The van der Waals surface area contributed by atoms with Gasteiger partial charge >= 0.3 is 0 Å². The van der Waals surface area contributed by atoms with E-state index >= 15 is 0 Å². The molecule has 0 amide bonds. The number of nitrogens with zero attached hydrogens (tertiary/aromatic N) is 2. The highest BCUT2D eigenvalue weighted by molar-refractivity contribution is 7.89. The maximum Gasteiger partial charge on any atom is 0.282 e. The fraction of sp³-hybridized carbons (Fsp3) is 0.750. The van der Waals surface area contributed by atoms with E-state index in [2.05, 4.69) is 15.2 Å². The second-order valence-corrected chi connectivity index (χ2v) is 5.34. The number of hydrogen-bond acceptors (Lipinski definition) is 4. The van der Waals surface area contributed by atoms with Crippen LogP contribution in [0.1, 0.15) is 43.8 Å². The van der Waals surface area contributed by atoms with Crippen molar-refractivity contribution in [3.63, 3.8) is 0 Å². The average Bonchev–Trinajstić information content (AvgIpc) is 2.67. The molecule has 1 fully saturated rings.